The van der Waals surface area contributed by atoms with Crippen LogP contribution in [0.25, 0.3) is 11.6 Å². The third-order valence-corrected chi connectivity index (χ3v) is 6.43. The van der Waals surface area contributed by atoms with Crippen molar-refractivity contribution in [2.45, 2.75) is 11.4 Å². The second kappa shape index (κ2) is 8.68. The largest absolute Gasteiger partial charge is 0.296 e. The van der Waals surface area contributed by atoms with Crippen LogP contribution < -0.4 is 14.8 Å². The van der Waals surface area contributed by atoms with E-state index in [-0.39, 0.29) is 11.1 Å². The average molecular weight is 396 g/mol. The number of rotatable bonds is 5. The molecular formula is C19H13N3OS3. The summed E-state index contributed by atoms with van der Waals surface area (Å²) in [6, 6.07) is 17.6. The molecule has 0 fully saturated rings. The lowest BCUT2D eigenvalue weighted by molar-refractivity contribution is 0.730. The maximum absolute atomic E-state index is 12.8. The molecule has 128 valence electrons. The van der Waals surface area contributed by atoms with Crippen LogP contribution in [0, 0.1) is 22.7 Å². The van der Waals surface area contributed by atoms with Gasteiger partial charge in [-0.1, -0.05) is 24.3 Å². The minimum absolute atomic E-state index is 0.0253. The lowest BCUT2D eigenvalue weighted by Gasteiger charge is -2.03. The van der Waals surface area contributed by atoms with Crippen molar-refractivity contribution in [2.75, 3.05) is 5.75 Å². The van der Waals surface area contributed by atoms with Gasteiger partial charge in [-0.25, -0.2) is 0 Å². The number of benzene rings is 1. The fraction of sp³-hybridized carbons (Fsp3) is 0.105. The Labute approximate surface area is 162 Å². The van der Waals surface area contributed by atoms with Crippen LogP contribution in [0.3, 0.4) is 0 Å². The number of thiazole rings is 1. The van der Waals surface area contributed by atoms with Crippen molar-refractivity contribution in [3.8, 4) is 12.1 Å². The minimum atomic E-state index is -0.157. The summed E-state index contributed by atoms with van der Waals surface area (Å²) >= 11 is 4.37. The van der Waals surface area contributed by atoms with E-state index in [1.807, 2.05) is 66.1 Å². The van der Waals surface area contributed by atoms with Crippen LogP contribution >= 0.6 is 34.4 Å². The van der Waals surface area contributed by atoms with E-state index in [1.165, 1.54) is 22.7 Å². The molecule has 0 saturated heterocycles. The highest BCUT2D eigenvalue weighted by molar-refractivity contribution is 7.99. The molecular weight excluding hydrogens is 382 g/mol. The predicted octanol–water partition coefficient (Wildman–Crippen LogP) is 2.79. The molecule has 0 bridgehead atoms. The molecule has 0 radical (unpaired) electrons. The average Bonchev–Trinajstić information content (AvgIpc) is 3.28. The molecule has 3 rings (SSSR count). The number of nitrogens with zero attached hydrogens (tertiary/aromatic N) is 3. The van der Waals surface area contributed by atoms with E-state index >= 15 is 0 Å². The number of aromatic nitrogens is 1. The van der Waals surface area contributed by atoms with Gasteiger partial charge in [0.15, 0.2) is 5.57 Å². The number of hydrogen-bond acceptors (Lipinski definition) is 6. The molecule has 0 aliphatic heterocycles. The molecule has 0 unspecified atom stereocenters. The van der Waals surface area contributed by atoms with Crippen LogP contribution in [-0.4, -0.2) is 10.3 Å². The summed E-state index contributed by atoms with van der Waals surface area (Å²) in [4.78, 5) is 14.9. The van der Waals surface area contributed by atoms with Gasteiger partial charge in [0.05, 0.1) is 4.53 Å². The van der Waals surface area contributed by atoms with Crippen molar-refractivity contribution in [1.29, 1.82) is 10.5 Å². The van der Waals surface area contributed by atoms with E-state index in [9.17, 15) is 15.3 Å². The normalized spacial score (nSPS) is 11.1. The smallest absolute Gasteiger partial charge is 0.269 e. The quantitative estimate of drug-likeness (QED) is 0.623. The van der Waals surface area contributed by atoms with Gasteiger partial charge in [-0.15, -0.1) is 34.4 Å². The van der Waals surface area contributed by atoms with Gasteiger partial charge in [0.25, 0.3) is 5.56 Å². The Bertz CT molecular complexity index is 1130. The van der Waals surface area contributed by atoms with Crippen LogP contribution in [0.2, 0.25) is 0 Å². The summed E-state index contributed by atoms with van der Waals surface area (Å²) in [5.74, 6) is 0.677. The molecule has 0 saturated carbocycles. The van der Waals surface area contributed by atoms with Gasteiger partial charge in [0.1, 0.15) is 16.8 Å². The fourth-order valence-electron chi connectivity index (χ4n) is 2.30. The fourth-order valence-corrected chi connectivity index (χ4v) is 4.96. The maximum Gasteiger partial charge on any atom is 0.269 e. The minimum Gasteiger partial charge on any atom is -0.296 e. The van der Waals surface area contributed by atoms with Crippen molar-refractivity contribution >= 4 is 46.1 Å². The molecule has 0 atom stereocenters. The number of thiophene rings is 1. The Hall–Kier alpha value is -2.58. The van der Waals surface area contributed by atoms with E-state index in [4.69, 9.17) is 0 Å². The lowest BCUT2D eigenvalue weighted by atomic mass is 10.4. The summed E-state index contributed by atoms with van der Waals surface area (Å²) in [6.45, 7) is 0.440. The summed E-state index contributed by atoms with van der Waals surface area (Å²) < 4.78 is 2.51. The predicted molar refractivity (Wildman–Crippen MR) is 108 cm³/mol. The highest BCUT2D eigenvalue weighted by Crippen LogP contribution is 2.16. The molecule has 26 heavy (non-hydrogen) atoms. The number of thioether (sulfide) groups is 1. The van der Waals surface area contributed by atoms with Crippen LogP contribution in [0.4, 0.5) is 0 Å². The Morgan fingerprint density at radius 3 is 2.58 bits per heavy atom. The third kappa shape index (κ3) is 4.14. The first-order valence-corrected chi connectivity index (χ1v) is 10.4. The molecule has 0 aliphatic rings. The molecule has 0 amide bonds. The highest BCUT2D eigenvalue weighted by atomic mass is 32.2. The van der Waals surface area contributed by atoms with Gasteiger partial charge in [0.2, 0.25) is 0 Å². The van der Waals surface area contributed by atoms with Crippen molar-refractivity contribution in [3.63, 3.8) is 0 Å². The molecule has 2 aromatic heterocycles. The Morgan fingerprint density at radius 2 is 1.92 bits per heavy atom. The van der Waals surface area contributed by atoms with E-state index in [2.05, 4.69) is 0 Å². The molecule has 3 aromatic rings. The van der Waals surface area contributed by atoms with Gasteiger partial charge in [-0.2, -0.15) is 10.5 Å². The van der Waals surface area contributed by atoms with Gasteiger partial charge >= 0.3 is 0 Å². The van der Waals surface area contributed by atoms with Crippen LogP contribution in [0.15, 0.2) is 57.5 Å². The molecule has 0 N–H and O–H groups in total. The summed E-state index contributed by atoms with van der Waals surface area (Å²) in [7, 11) is 0. The third-order valence-electron chi connectivity index (χ3n) is 3.49. The summed E-state index contributed by atoms with van der Waals surface area (Å²) in [6.07, 6.45) is 1.81. The zero-order valence-electron chi connectivity index (χ0n) is 13.6. The van der Waals surface area contributed by atoms with Crippen molar-refractivity contribution in [2.24, 2.45) is 0 Å². The maximum atomic E-state index is 12.8. The van der Waals surface area contributed by atoms with Crippen molar-refractivity contribution < 1.29 is 0 Å². The van der Waals surface area contributed by atoms with E-state index < -0.39 is 0 Å². The first-order chi connectivity index (χ1) is 12.7. The topological polar surface area (TPSA) is 69.6 Å². The Kier molecular flexibility index (Phi) is 6.08. The summed E-state index contributed by atoms with van der Waals surface area (Å²) in [5.41, 5.74) is -0.183. The van der Waals surface area contributed by atoms with E-state index in [0.717, 1.165) is 9.77 Å². The van der Waals surface area contributed by atoms with Crippen molar-refractivity contribution in [1.82, 2.24) is 4.57 Å². The second-order valence-electron chi connectivity index (χ2n) is 5.15. The molecule has 0 spiro atoms. The number of nitriles is 2. The zero-order valence-corrected chi connectivity index (χ0v) is 16.0. The molecule has 7 heteroatoms. The number of hydrogen-bond donors (Lipinski definition) is 0. The Balaban J connectivity index is 1.99. The van der Waals surface area contributed by atoms with Crippen molar-refractivity contribution in [3.05, 3.63) is 72.3 Å². The zero-order chi connectivity index (χ0) is 18.4. The molecule has 4 nitrogen and oxygen atoms in total. The van der Waals surface area contributed by atoms with E-state index in [0.29, 0.717) is 21.5 Å². The van der Waals surface area contributed by atoms with Gasteiger partial charge in [-0.05, 0) is 29.7 Å². The Morgan fingerprint density at radius 1 is 1.15 bits per heavy atom. The SMILES string of the molecule is N#CC(C#N)=c1s/c(=C\c2cccs2)c(=O)n1CCSc1ccccc1. The highest BCUT2D eigenvalue weighted by Gasteiger charge is 2.09. The molecule has 2 heterocycles. The molecule has 1 aromatic carbocycles. The first kappa shape index (κ1) is 18.2. The lowest BCUT2D eigenvalue weighted by Crippen LogP contribution is -2.32. The standard InChI is InChI=1S/C19H13N3OS3/c20-12-14(13-21)19-22(8-10-25-15-5-2-1-3-6-15)18(23)17(26-19)11-16-7-4-9-24-16/h1-7,9,11H,8,10H2/b17-11-. The van der Waals surface area contributed by atoms with Gasteiger partial charge in [-0.3, -0.25) is 9.36 Å². The second-order valence-corrected chi connectivity index (χ2v) is 8.33. The molecule has 0 aliphatic carbocycles. The monoisotopic (exact) mass is 395 g/mol. The van der Waals surface area contributed by atoms with Gasteiger partial charge in [0, 0.05) is 22.1 Å². The van der Waals surface area contributed by atoms with Gasteiger partial charge < -0.3 is 0 Å². The van der Waals surface area contributed by atoms with Crippen LogP contribution in [0.5, 0.6) is 0 Å². The van der Waals surface area contributed by atoms with Crippen LogP contribution in [0.1, 0.15) is 4.88 Å². The van der Waals surface area contributed by atoms with E-state index in [1.54, 1.807) is 16.3 Å². The summed E-state index contributed by atoms with van der Waals surface area (Å²) in [5, 5.41) is 20.4. The first-order valence-electron chi connectivity index (χ1n) is 7.70. The van der Waals surface area contributed by atoms with Crippen LogP contribution in [-0.2, 0) is 6.54 Å².